The number of phenols is 1. The van der Waals surface area contributed by atoms with E-state index in [0.29, 0.717) is 5.75 Å². The molecule has 2 amide bonds. The van der Waals surface area contributed by atoms with Gasteiger partial charge in [0.05, 0.1) is 11.5 Å². The van der Waals surface area contributed by atoms with E-state index in [1.807, 2.05) is 6.07 Å². The van der Waals surface area contributed by atoms with Gasteiger partial charge in [0.1, 0.15) is 11.5 Å². The minimum absolute atomic E-state index is 0.108. The Morgan fingerprint density at radius 1 is 1.08 bits per heavy atom. The van der Waals surface area contributed by atoms with Gasteiger partial charge in [0.15, 0.2) is 6.61 Å². The van der Waals surface area contributed by atoms with E-state index in [9.17, 15) is 24.8 Å². The van der Waals surface area contributed by atoms with E-state index in [4.69, 9.17) is 4.74 Å². The predicted octanol–water partition coefficient (Wildman–Crippen LogP) is 1.11. The van der Waals surface area contributed by atoms with Crippen LogP contribution in [0.2, 0.25) is 0 Å². The number of para-hydroxylation sites is 1. The van der Waals surface area contributed by atoms with E-state index >= 15 is 0 Å². The quantitative estimate of drug-likeness (QED) is 0.478. The minimum Gasteiger partial charge on any atom is -0.508 e. The first kappa shape index (κ1) is 18.7. The Morgan fingerprint density at radius 3 is 2.50 bits per heavy atom. The highest BCUT2D eigenvalue weighted by atomic mass is 16.6. The van der Waals surface area contributed by atoms with Crippen molar-refractivity contribution in [3.8, 4) is 11.5 Å². The number of amides is 2. The SMILES string of the molecule is O=C(CNC(=O)COc1ccccc1)NCc1cc([N+](=O)[O-])ccc1O. The van der Waals surface area contributed by atoms with E-state index in [1.54, 1.807) is 24.3 Å². The summed E-state index contributed by atoms with van der Waals surface area (Å²) in [7, 11) is 0. The number of carbonyl (C=O) groups is 2. The van der Waals surface area contributed by atoms with E-state index in [-0.39, 0.29) is 36.7 Å². The van der Waals surface area contributed by atoms with Crippen LogP contribution >= 0.6 is 0 Å². The minimum atomic E-state index is -0.599. The smallest absolute Gasteiger partial charge is 0.270 e. The molecule has 9 nitrogen and oxygen atoms in total. The molecule has 136 valence electrons. The molecule has 0 fully saturated rings. The second kappa shape index (κ2) is 9.02. The fourth-order valence-electron chi connectivity index (χ4n) is 1.98. The Bertz CT molecular complexity index is 794. The number of rotatable bonds is 8. The number of hydrogen-bond acceptors (Lipinski definition) is 6. The van der Waals surface area contributed by atoms with Crippen molar-refractivity contribution in [3.63, 3.8) is 0 Å². The Morgan fingerprint density at radius 2 is 1.81 bits per heavy atom. The van der Waals surface area contributed by atoms with Crippen molar-refractivity contribution < 1.29 is 24.4 Å². The highest BCUT2D eigenvalue weighted by Gasteiger charge is 2.12. The molecule has 0 saturated carbocycles. The third kappa shape index (κ3) is 5.78. The molecule has 0 bridgehead atoms. The van der Waals surface area contributed by atoms with E-state index in [1.165, 1.54) is 12.1 Å². The molecule has 3 N–H and O–H groups in total. The van der Waals surface area contributed by atoms with Crippen LogP contribution in [0, 0.1) is 10.1 Å². The zero-order valence-corrected chi connectivity index (χ0v) is 13.7. The number of nitrogens with zero attached hydrogens (tertiary/aromatic N) is 1. The normalized spacial score (nSPS) is 10.0. The van der Waals surface area contributed by atoms with Crippen molar-refractivity contribution in [2.24, 2.45) is 0 Å². The Kier molecular flexibility index (Phi) is 6.49. The second-order valence-corrected chi connectivity index (χ2v) is 5.23. The Hall–Kier alpha value is -3.62. The van der Waals surface area contributed by atoms with Crippen LogP contribution < -0.4 is 15.4 Å². The van der Waals surface area contributed by atoms with Crippen molar-refractivity contribution in [2.45, 2.75) is 6.54 Å². The molecule has 0 heterocycles. The van der Waals surface area contributed by atoms with E-state index in [0.717, 1.165) is 6.07 Å². The van der Waals surface area contributed by atoms with Gasteiger partial charge < -0.3 is 20.5 Å². The molecule has 0 radical (unpaired) electrons. The fourth-order valence-corrected chi connectivity index (χ4v) is 1.98. The molecule has 2 aromatic carbocycles. The number of aromatic hydroxyl groups is 1. The van der Waals surface area contributed by atoms with Crippen molar-refractivity contribution in [2.75, 3.05) is 13.2 Å². The summed E-state index contributed by atoms with van der Waals surface area (Å²) in [5.41, 5.74) is 0.00435. The summed E-state index contributed by atoms with van der Waals surface area (Å²) >= 11 is 0. The number of nitro benzene ring substituents is 1. The molecule has 2 aromatic rings. The van der Waals surface area contributed by atoms with Gasteiger partial charge in [-0.2, -0.15) is 0 Å². The summed E-state index contributed by atoms with van der Waals surface area (Å²) in [6.07, 6.45) is 0. The van der Waals surface area contributed by atoms with Crippen LogP contribution in [0.5, 0.6) is 11.5 Å². The molecule has 0 aliphatic rings. The summed E-state index contributed by atoms with van der Waals surface area (Å²) in [6.45, 7) is -0.627. The van der Waals surface area contributed by atoms with Crippen LogP contribution in [0.1, 0.15) is 5.56 Å². The maximum absolute atomic E-state index is 11.7. The summed E-state index contributed by atoms with van der Waals surface area (Å²) in [5.74, 6) is -0.615. The first-order chi connectivity index (χ1) is 12.5. The molecule has 0 aromatic heterocycles. The van der Waals surface area contributed by atoms with Gasteiger partial charge in [-0.25, -0.2) is 0 Å². The molecular formula is C17H17N3O6. The molecule has 0 atom stereocenters. The lowest BCUT2D eigenvalue weighted by molar-refractivity contribution is -0.384. The van der Waals surface area contributed by atoms with Crippen LogP contribution in [-0.2, 0) is 16.1 Å². The van der Waals surface area contributed by atoms with Crippen LogP contribution in [0.25, 0.3) is 0 Å². The van der Waals surface area contributed by atoms with Crippen molar-refractivity contribution in [1.82, 2.24) is 10.6 Å². The average molecular weight is 359 g/mol. The third-order valence-electron chi connectivity index (χ3n) is 3.31. The number of non-ortho nitro benzene ring substituents is 1. The highest BCUT2D eigenvalue weighted by Crippen LogP contribution is 2.22. The first-order valence-electron chi connectivity index (χ1n) is 7.63. The van der Waals surface area contributed by atoms with Gasteiger partial charge in [0, 0.05) is 24.2 Å². The van der Waals surface area contributed by atoms with Crippen LogP contribution in [0.4, 0.5) is 5.69 Å². The van der Waals surface area contributed by atoms with Gasteiger partial charge in [0.2, 0.25) is 5.91 Å². The van der Waals surface area contributed by atoms with Crippen molar-refractivity contribution >= 4 is 17.5 Å². The lowest BCUT2D eigenvalue weighted by Crippen LogP contribution is -2.38. The zero-order valence-electron chi connectivity index (χ0n) is 13.7. The number of hydrogen-bond donors (Lipinski definition) is 3. The predicted molar refractivity (Wildman–Crippen MR) is 91.6 cm³/mol. The number of phenolic OH excluding ortho intramolecular Hbond substituents is 1. The number of nitro groups is 1. The van der Waals surface area contributed by atoms with Gasteiger partial charge in [-0.3, -0.25) is 19.7 Å². The van der Waals surface area contributed by atoms with Crippen molar-refractivity contribution in [1.29, 1.82) is 0 Å². The average Bonchev–Trinajstić information content (AvgIpc) is 2.64. The number of nitrogens with one attached hydrogen (secondary N) is 2. The van der Waals surface area contributed by atoms with Crippen LogP contribution in [-0.4, -0.2) is 35.0 Å². The first-order valence-corrected chi connectivity index (χ1v) is 7.63. The van der Waals surface area contributed by atoms with Gasteiger partial charge in [-0.15, -0.1) is 0 Å². The van der Waals surface area contributed by atoms with Gasteiger partial charge in [0.25, 0.3) is 11.6 Å². The molecular weight excluding hydrogens is 342 g/mol. The maximum Gasteiger partial charge on any atom is 0.270 e. The number of benzene rings is 2. The van der Waals surface area contributed by atoms with Gasteiger partial charge >= 0.3 is 0 Å². The van der Waals surface area contributed by atoms with Gasteiger partial charge in [-0.1, -0.05) is 18.2 Å². The highest BCUT2D eigenvalue weighted by molar-refractivity contribution is 5.85. The molecule has 9 heteroatoms. The summed E-state index contributed by atoms with van der Waals surface area (Å²) in [5, 5.41) is 25.2. The van der Waals surface area contributed by atoms with Crippen LogP contribution in [0.15, 0.2) is 48.5 Å². The Balaban J connectivity index is 1.74. The summed E-state index contributed by atoms with van der Waals surface area (Å²) < 4.78 is 5.24. The fraction of sp³-hybridized carbons (Fsp3) is 0.176. The van der Waals surface area contributed by atoms with E-state index < -0.39 is 16.7 Å². The van der Waals surface area contributed by atoms with E-state index in [2.05, 4.69) is 10.6 Å². The molecule has 0 saturated heterocycles. The standard InChI is InChI=1S/C17H17N3O6/c21-15-7-6-13(20(24)25)8-12(15)9-18-16(22)10-19-17(23)11-26-14-4-2-1-3-5-14/h1-8,21H,9-11H2,(H,18,22)(H,19,23). The molecule has 2 rings (SSSR count). The second-order valence-electron chi connectivity index (χ2n) is 5.23. The number of ether oxygens (including phenoxy) is 1. The number of carbonyl (C=O) groups excluding carboxylic acids is 2. The molecule has 0 spiro atoms. The third-order valence-corrected chi connectivity index (χ3v) is 3.31. The van der Waals surface area contributed by atoms with Crippen LogP contribution in [0.3, 0.4) is 0 Å². The summed E-state index contributed by atoms with van der Waals surface area (Å²) in [6, 6.07) is 12.3. The van der Waals surface area contributed by atoms with Gasteiger partial charge in [-0.05, 0) is 18.2 Å². The largest absolute Gasteiger partial charge is 0.508 e. The molecule has 26 heavy (non-hydrogen) atoms. The zero-order chi connectivity index (χ0) is 18.9. The molecule has 0 aliphatic carbocycles. The molecule has 0 aliphatic heterocycles. The molecule has 0 unspecified atom stereocenters. The topological polar surface area (TPSA) is 131 Å². The maximum atomic E-state index is 11.7. The lowest BCUT2D eigenvalue weighted by atomic mass is 10.2. The van der Waals surface area contributed by atoms with Crippen molar-refractivity contribution in [3.05, 3.63) is 64.2 Å². The monoisotopic (exact) mass is 359 g/mol. The lowest BCUT2D eigenvalue weighted by Gasteiger charge is -2.09. The summed E-state index contributed by atoms with van der Waals surface area (Å²) in [4.78, 5) is 33.5. The Labute approximate surface area is 148 Å².